The molecule has 0 saturated heterocycles. The Balaban J connectivity index is 4.97. The van der Waals surface area contributed by atoms with E-state index in [4.69, 9.17) is 14.7 Å². The first-order valence-electron chi connectivity index (χ1n) is 5.33. The van der Waals surface area contributed by atoms with Crippen LogP contribution in [0.3, 0.4) is 0 Å². The minimum Gasteiger partial charge on any atom is -0.463 e. The highest BCUT2D eigenvalue weighted by atomic mass is 16.6. The summed E-state index contributed by atoms with van der Waals surface area (Å²) >= 11 is 0. The van der Waals surface area contributed by atoms with Gasteiger partial charge in [-0.25, -0.2) is 4.79 Å². The molecule has 86 valence electrons. The van der Waals surface area contributed by atoms with E-state index >= 15 is 0 Å². The lowest BCUT2D eigenvalue weighted by atomic mass is 9.84. The third kappa shape index (κ3) is 2.85. The minimum atomic E-state index is -1.11. The fourth-order valence-electron chi connectivity index (χ4n) is 1.57. The molecule has 15 heavy (non-hydrogen) atoms. The molecule has 0 aromatic heterocycles. The Kier molecular flexibility index (Phi) is 5.76. The van der Waals surface area contributed by atoms with Crippen LogP contribution in [0.4, 0.5) is 0 Å². The van der Waals surface area contributed by atoms with E-state index in [1.54, 1.807) is 13.2 Å². The van der Waals surface area contributed by atoms with Crippen LogP contribution in [0, 0.1) is 17.4 Å². The summed E-state index contributed by atoms with van der Waals surface area (Å²) in [5.74, 6) is -0.482. The minimum absolute atomic E-state index is 0.0406. The van der Waals surface area contributed by atoms with E-state index in [1.165, 1.54) is 0 Å². The van der Waals surface area contributed by atoms with Crippen LogP contribution < -0.4 is 0 Å². The van der Waals surface area contributed by atoms with Crippen LogP contribution in [0.1, 0.15) is 40.5 Å². The van der Waals surface area contributed by atoms with E-state index in [0.717, 1.165) is 6.42 Å². The summed E-state index contributed by atoms with van der Waals surface area (Å²) < 4.78 is 9.94. The van der Waals surface area contributed by atoms with Gasteiger partial charge in [-0.05, 0) is 19.8 Å². The van der Waals surface area contributed by atoms with Crippen molar-refractivity contribution in [1.82, 2.24) is 0 Å². The van der Waals surface area contributed by atoms with E-state index in [0.29, 0.717) is 13.0 Å². The van der Waals surface area contributed by atoms with Crippen LogP contribution in [-0.4, -0.2) is 18.2 Å². The Morgan fingerprint density at radius 3 is 2.40 bits per heavy atom. The van der Waals surface area contributed by atoms with Gasteiger partial charge in [-0.15, -0.1) is 0 Å². The lowest BCUT2D eigenvalue weighted by Gasteiger charge is -2.32. The lowest BCUT2D eigenvalue weighted by molar-refractivity contribution is -0.171. The maximum atomic E-state index is 11.8. The normalized spacial score (nSPS) is 15.9. The number of hydrogen-bond donors (Lipinski definition) is 0. The molecule has 0 spiro atoms. The van der Waals surface area contributed by atoms with Crippen LogP contribution in [0.5, 0.6) is 0 Å². The van der Waals surface area contributed by atoms with Gasteiger partial charge in [0.2, 0.25) is 5.60 Å². The van der Waals surface area contributed by atoms with E-state index in [-0.39, 0.29) is 5.92 Å². The van der Waals surface area contributed by atoms with Gasteiger partial charge in [-0.3, -0.25) is 0 Å². The number of carbonyl (C=O) groups excluding carboxylic acids is 1. The van der Waals surface area contributed by atoms with E-state index in [1.807, 2.05) is 20.8 Å². The molecule has 0 aliphatic rings. The van der Waals surface area contributed by atoms with Gasteiger partial charge in [0.1, 0.15) is 0 Å². The van der Waals surface area contributed by atoms with Gasteiger partial charge in [0.25, 0.3) is 6.26 Å². The number of carbonyl (C=O) groups is 1. The molecule has 0 N–H and O–H groups in total. The average Bonchev–Trinajstić information content (AvgIpc) is 2.25. The summed E-state index contributed by atoms with van der Waals surface area (Å²) in [6.45, 7) is 7.69. The Morgan fingerprint density at radius 1 is 1.47 bits per heavy atom. The second kappa shape index (κ2) is 6.28. The third-order valence-corrected chi connectivity index (χ3v) is 2.78. The SMILES string of the molecule is CCOC(=O)[C@@](CC)(OC#N)C(C)CC. The van der Waals surface area contributed by atoms with Gasteiger partial charge in [0.05, 0.1) is 6.61 Å². The van der Waals surface area contributed by atoms with Crippen molar-refractivity contribution in [2.45, 2.75) is 46.1 Å². The first-order chi connectivity index (χ1) is 7.08. The molecule has 0 bridgehead atoms. The molecule has 0 aliphatic heterocycles. The lowest BCUT2D eigenvalue weighted by Crippen LogP contribution is -2.47. The second-order valence-corrected chi connectivity index (χ2v) is 3.47. The van der Waals surface area contributed by atoms with Gasteiger partial charge < -0.3 is 9.47 Å². The third-order valence-electron chi connectivity index (χ3n) is 2.78. The Morgan fingerprint density at radius 2 is 2.07 bits per heavy atom. The van der Waals surface area contributed by atoms with Crippen LogP contribution >= 0.6 is 0 Å². The van der Waals surface area contributed by atoms with Crippen molar-refractivity contribution in [3.05, 3.63) is 0 Å². The zero-order valence-electron chi connectivity index (χ0n) is 9.87. The standard InChI is InChI=1S/C11H19NO3/c1-5-9(4)11(6-2,15-8-12)10(13)14-7-3/h9H,5-7H2,1-4H3/t9?,11-/m0/s1. The summed E-state index contributed by atoms with van der Waals surface area (Å²) in [5.41, 5.74) is -1.11. The number of nitriles is 1. The fraction of sp³-hybridized carbons (Fsp3) is 0.818. The van der Waals surface area contributed by atoms with E-state index < -0.39 is 11.6 Å². The molecule has 4 heteroatoms. The monoisotopic (exact) mass is 213 g/mol. The summed E-state index contributed by atoms with van der Waals surface area (Å²) in [4.78, 5) is 11.8. The van der Waals surface area contributed by atoms with Gasteiger partial charge in [0, 0.05) is 5.92 Å². The van der Waals surface area contributed by atoms with Crippen LogP contribution in [0.15, 0.2) is 0 Å². The van der Waals surface area contributed by atoms with Crippen molar-refractivity contribution in [2.24, 2.45) is 5.92 Å². The summed E-state index contributed by atoms with van der Waals surface area (Å²) in [5, 5.41) is 8.61. The van der Waals surface area contributed by atoms with E-state index in [2.05, 4.69) is 0 Å². The highest BCUT2D eigenvalue weighted by Crippen LogP contribution is 2.29. The van der Waals surface area contributed by atoms with Crippen molar-refractivity contribution in [3.8, 4) is 6.26 Å². The smallest absolute Gasteiger partial charge is 0.351 e. The Hall–Kier alpha value is -1.24. The van der Waals surface area contributed by atoms with Crippen LogP contribution in [0.2, 0.25) is 0 Å². The van der Waals surface area contributed by atoms with Crippen molar-refractivity contribution >= 4 is 5.97 Å². The molecule has 0 amide bonds. The summed E-state index contributed by atoms with van der Waals surface area (Å²) in [6.07, 6.45) is 2.81. The highest BCUT2D eigenvalue weighted by molar-refractivity contribution is 5.80. The molecule has 0 fully saturated rings. The molecule has 1 unspecified atom stereocenters. The summed E-state index contributed by atoms with van der Waals surface area (Å²) in [6, 6.07) is 0. The quantitative estimate of drug-likeness (QED) is 0.501. The molecular weight excluding hydrogens is 194 g/mol. The number of nitrogens with zero attached hydrogens (tertiary/aromatic N) is 1. The molecule has 4 nitrogen and oxygen atoms in total. The first-order valence-corrected chi connectivity index (χ1v) is 5.33. The predicted molar refractivity (Wildman–Crippen MR) is 55.8 cm³/mol. The van der Waals surface area contributed by atoms with Gasteiger partial charge in [-0.2, -0.15) is 5.26 Å². The molecular formula is C11H19NO3. The predicted octanol–water partition coefficient (Wildman–Crippen LogP) is 2.24. The van der Waals surface area contributed by atoms with Gasteiger partial charge in [0.15, 0.2) is 0 Å². The van der Waals surface area contributed by atoms with Gasteiger partial charge >= 0.3 is 5.97 Å². The number of ether oxygens (including phenoxy) is 2. The maximum absolute atomic E-state index is 11.8. The fourth-order valence-corrected chi connectivity index (χ4v) is 1.57. The van der Waals surface area contributed by atoms with Crippen molar-refractivity contribution in [1.29, 1.82) is 5.26 Å². The van der Waals surface area contributed by atoms with Gasteiger partial charge in [-0.1, -0.05) is 20.8 Å². The van der Waals surface area contributed by atoms with E-state index in [9.17, 15) is 4.79 Å². The molecule has 0 aromatic carbocycles. The highest BCUT2D eigenvalue weighted by Gasteiger charge is 2.45. The largest absolute Gasteiger partial charge is 0.463 e. The molecule has 0 saturated carbocycles. The number of esters is 1. The van der Waals surface area contributed by atoms with Crippen LogP contribution in [0.25, 0.3) is 0 Å². The Labute approximate surface area is 91.2 Å². The number of rotatable bonds is 6. The molecule has 0 aromatic rings. The molecule has 0 heterocycles. The average molecular weight is 213 g/mol. The van der Waals surface area contributed by atoms with Crippen molar-refractivity contribution in [3.63, 3.8) is 0 Å². The van der Waals surface area contributed by atoms with Crippen molar-refractivity contribution in [2.75, 3.05) is 6.61 Å². The maximum Gasteiger partial charge on any atom is 0.351 e. The molecule has 0 aliphatic carbocycles. The van der Waals surface area contributed by atoms with Crippen molar-refractivity contribution < 1.29 is 14.3 Å². The molecule has 0 rings (SSSR count). The Bertz CT molecular complexity index is 247. The number of hydrogen-bond acceptors (Lipinski definition) is 4. The first kappa shape index (κ1) is 13.8. The van der Waals surface area contributed by atoms with Crippen LogP contribution in [-0.2, 0) is 14.3 Å². The zero-order valence-corrected chi connectivity index (χ0v) is 9.87. The molecule has 0 radical (unpaired) electrons. The molecule has 2 atom stereocenters. The second-order valence-electron chi connectivity index (χ2n) is 3.47. The zero-order chi connectivity index (χ0) is 11.9. The summed E-state index contributed by atoms with van der Waals surface area (Å²) in [7, 11) is 0. The topological polar surface area (TPSA) is 59.3 Å².